The molecule has 2 aromatic rings. The van der Waals surface area contributed by atoms with Crippen molar-refractivity contribution in [3.8, 4) is 0 Å². The summed E-state index contributed by atoms with van der Waals surface area (Å²) in [6.07, 6.45) is -5.43. The van der Waals surface area contributed by atoms with Crippen molar-refractivity contribution in [1.82, 2.24) is 24.6 Å². The zero-order chi connectivity index (χ0) is 33.2. The van der Waals surface area contributed by atoms with E-state index in [1.807, 2.05) is 0 Å². The predicted octanol–water partition coefficient (Wildman–Crippen LogP) is 4.95. The average Bonchev–Trinajstić information content (AvgIpc) is 2.92. The Labute approximate surface area is 258 Å². The van der Waals surface area contributed by atoms with Crippen LogP contribution in [-0.4, -0.2) is 77.5 Å². The molecule has 250 valence electrons. The van der Waals surface area contributed by atoms with Gasteiger partial charge in [-0.1, -0.05) is 19.6 Å². The lowest BCUT2D eigenvalue weighted by molar-refractivity contribution is -0.143. The fourth-order valence-corrected chi connectivity index (χ4v) is 6.19. The van der Waals surface area contributed by atoms with E-state index < -0.39 is 48.8 Å². The standard InChI is InChI=1S/C28H39F6N7O3Si/c1-18(38-22-14-37-41(17-44-9-10-45(2,3)4)25(43)23(22)28(32,33)34)11-19-15-40(16-19)24(42)20-5-7-39(8-6-20)26-35-12-21(13-36-26)27(29,30)31/h12-14,18-20,38H,5-11,15-17H2,1-4H3. The van der Waals surface area contributed by atoms with Crippen LogP contribution in [0.4, 0.5) is 38.0 Å². The van der Waals surface area contributed by atoms with Gasteiger partial charge in [0.15, 0.2) is 0 Å². The first-order valence-corrected chi connectivity index (χ1v) is 18.6. The molecule has 1 unspecified atom stereocenters. The third-order valence-electron chi connectivity index (χ3n) is 7.99. The van der Waals surface area contributed by atoms with Gasteiger partial charge in [0.05, 0.1) is 17.4 Å². The number of halogens is 6. The molecule has 0 radical (unpaired) electrons. The van der Waals surface area contributed by atoms with Gasteiger partial charge in [-0.3, -0.25) is 9.59 Å². The molecule has 0 aromatic carbocycles. The molecule has 45 heavy (non-hydrogen) atoms. The van der Waals surface area contributed by atoms with Crippen molar-refractivity contribution in [3.05, 3.63) is 40.1 Å². The maximum atomic E-state index is 13.9. The van der Waals surface area contributed by atoms with E-state index in [4.69, 9.17) is 4.74 Å². The number of piperidine rings is 1. The van der Waals surface area contributed by atoms with Gasteiger partial charge in [0.1, 0.15) is 12.3 Å². The third-order valence-corrected chi connectivity index (χ3v) is 9.69. The number of nitrogens with zero attached hydrogens (tertiary/aromatic N) is 6. The Morgan fingerprint density at radius 1 is 1.04 bits per heavy atom. The molecule has 10 nitrogen and oxygen atoms in total. The fourth-order valence-electron chi connectivity index (χ4n) is 5.43. The molecule has 0 saturated carbocycles. The number of carbonyl (C=O) groups excluding carboxylic acids is 1. The van der Waals surface area contributed by atoms with Gasteiger partial charge in [0.25, 0.3) is 5.56 Å². The molecular formula is C28H39F6N7O3Si. The molecule has 1 atom stereocenters. The molecule has 0 aliphatic carbocycles. The van der Waals surface area contributed by atoms with Gasteiger partial charge in [-0.2, -0.15) is 31.4 Å². The molecule has 0 bridgehead atoms. The molecule has 2 aliphatic rings. The van der Waals surface area contributed by atoms with Crippen molar-refractivity contribution in [2.24, 2.45) is 11.8 Å². The lowest BCUT2D eigenvalue weighted by atomic mass is 9.88. The summed E-state index contributed by atoms with van der Waals surface area (Å²) in [4.78, 5) is 36.8. The summed E-state index contributed by atoms with van der Waals surface area (Å²) >= 11 is 0. The van der Waals surface area contributed by atoms with Crippen LogP contribution in [-0.2, 0) is 28.6 Å². The zero-order valence-electron chi connectivity index (χ0n) is 25.7. The van der Waals surface area contributed by atoms with E-state index >= 15 is 0 Å². The molecule has 1 N–H and O–H groups in total. The van der Waals surface area contributed by atoms with Crippen LogP contribution in [0.25, 0.3) is 0 Å². The molecule has 4 heterocycles. The number of alkyl halides is 6. The van der Waals surface area contributed by atoms with Gasteiger partial charge in [-0.25, -0.2) is 14.6 Å². The lowest BCUT2D eigenvalue weighted by Crippen LogP contribution is -2.54. The SMILES string of the molecule is CC(CC1CN(C(=O)C2CCN(c3ncc(C(F)(F)F)cn3)CC2)C1)Nc1cnn(COCC[Si](C)(C)C)c(=O)c1C(F)(F)F. The number of amides is 1. The van der Waals surface area contributed by atoms with Crippen LogP contribution in [0.2, 0.25) is 25.7 Å². The molecule has 17 heteroatoms. The van der Waals surface area contributed by atoms with Crippen molar-refractivity contribution in [3.63, 3.8) is 0 Å². The van der Waals surface area contributed by atoms with Crippen LogP contribution < -0.4 is 15.8 Å². The van der Waals surface area contributed by atoms with E-state index in [9.17, 15) is 35.9 Å². The quantitative estimate of drug-likeness (QED) is 0.205. The highest BCUT2D eigenvalue weighted by Crippen LogP contribution is 2.34. The molecule has 2 fully saturated rings. The monoisotopic (exact) mass is 663 g/mol. The van der Waals surface area contributed by atoms with Gasteiger partial charge in [-0.05, 0) is 38.1 Å². The minimum Gasteiger partial charge on any atom is -0.381 e. The summed E-state index contributed by atoms with van der Waals surface area (Å²) in [5.41, 5.74) is -3.92. The van der Waals surface area contributed by atoms with Crippen molar-refractivity contribution in [2.75, 3.05) is 43.0 Å². The Hall–Kier alpha value is -3.21. The van der Waals surface area contributed by atoms with E-state index in [2.05, 4.69) is 40.0 Å². The topological polar surface area (TPSA) is 105 Å². The summed E-state index contributed by atoms with van der Waals surface area (Å²) < 4.78 is 86.1. The number of carbonyl (C=O) groups is 1. The first-order valence-electron chi connectivity index (χ1n) is 14.9. The van der Waals surface area contributed by atoms with Crippen LogP contribution in [0.3, 0.4) is 0 Å². The van der Waals surface area contributed by atoms with E-state index in [1.165, 1.54) is 0 Å². The van der Waals surface area contributed by atoms with Crippen molar-refractivity contribution >= 4 is 25.6 Å². The number of nitrogens with one attached hydrogen (secondary N) is 1. The summed E-state index contributed by atoms with van der Waals surface area (Å²) in [6, 6.07) is 0.376. The Kier molecular flexibility index (Phi) is 10.5. The maximum absolute atomic E-state index is 13.9. The first kappa shape index (κ1) is 34.7. The molecule has 4 rings (SSSR count). The number of ether oxygens (including phenoxy) is 1. The third kappa shape index (κ3) is 9.17. The Morgan fingerprint density at radius 2 is 1.67 bits per heavy atom. The number of likely N-dealkylation sites (tertiary alicyclic amines) is 1. The van der Waals surface area contributed by atoms with Gasteiger partial charge in [0, 0.05) is 65.2 Å². The highest BCUT2D eigenvalue weighted by molar-refractivity contribution is 6.76. The second-order valence-corrected chi connectivity index (χ2v) is 18.6. The first-order chi connectivity index (χ1) is 20.9. The largest absolute Gasteiger partial charge is 0.423 e. The van der Waals surface area contributed by atoms with Crippen LogP contribution >= 0.6 is 0 Å². The molecule has 2 aromatic heterocycles. The van der Waals surface area contributed by atoms with Crippen LogP contribution in [0, 0.1) is 11.8 Å². The molecule has 2 saturated heterocycles. The van der Waals surface area contributed by atoms with Gasteiger partial charge in [-0.15, -0.1) is 0 Å². The average molecular weight is 664 g/mol. The molecule has 2 aliphatic heterocycles. The number of aromatic nitrogens is 4. The molecule has 0 spiro atoms. The number of hydrogen-bond donors (Lipinski definition) is 1. The smallest absolute Gasteiger partial charge is 0.381 e. The Balaban J connectivity index is 1.25. The minimum absolute atomic E-state index is 0.0147. The Bertz CT molecular complexity index is 1370. The van der Waals surface area contributed by atoms with Crippen LogP contribution in [0.1, 0.15) is 37.3 Å². The van der Waals surface area contributed by atoms with Crippen molar-refractivity contribution < 1.29 is 35.9 Å². The van der Waals surface area contributed by atoms with Crippen molar-refractivity contribution in [1.29, 1.82) is 0 Å². The highest BCUT2D eigenvalue weighted by Gasteiger charge is 2.40. The lowest BCUT2D eigenvalue weighted by Gasteiger charge is -2.43. The molecular weight excluding hydrogens is 624 g/mol. The molecule has 1 amide bonds. The summed E-state index contributed by atoms with van der Waals surface area (Å²) in [5, 5.41) is 6.69. The second kappa shape index (κ2) is 13.6. The fraction of sp³-hybridized carbons (Fsp3) is 0.679. The summed E-state index contributed by atoms with van der Waals surface area (Å²) in [6.45, 7) is 9.89. The predicted molar refractivity (Wildman–Crippen MR) is 157 cm³/mol. The highest BCUT2D eigenvalue weighted by atomic mass is 28.3. The van der Waals surface area contributed by atoms with Gasteiger partial charge >= 0.3 is 12.4 Å². The number of rotatable bonds is 11. The van der Waals surface area contributed by atoms with Gasteiger partial charge in [0.2, 0.25) is 11.9 Å². The van der Waals surface area contributed by atoms with Gasteiger partial charge < -0.3 is 19.9 Å². The van der Waals surface area contributed by atoms with E-state index in [0.717, 1.165) is 24.6 Å². The zero-order valence-corrected chi connectivity index (χ0v) is 26.7. The number of anilines is 2. The van der Waals surface area contributed by atoms with E-state index in [0.29, 0.717) is 56.7 Å². The van der Waals surface area contributed by atoms with Crippen molar-refractivity contribution in [2.45, 2.75) is 77.0 Å². The summed E-state index contributed by atoms with van der Waals surface area (Å²) in [7, 11) is -1.41. The van der Waals surface area contributed by atoms with Crippen LogP contribution in [0.15, 0.2) is 23.4 Å². The maximum Gasteiger partial charge on any atom is 0.423 e. The van der Waals surface area contributed by atoms with E-state index in [1.54, 1.807) is 16.7 Å². The number of hydrogen-bond acceptors (Lipinski definition) is 8. The summed E-state index contributed by atoms with van der Waals surface area (Å²) in [5.74, 6) is 0.00336. The van der Waals surface area contributed by atoms with E-state index in [-0.39, 0.29) is 30.4 Å². The van der Waals surface area contributed by atoms with Crippen LogP contribution in [0.5, 0.6) is 0 Å². The Morgan fingerprint density at radius 3 is 2.22 bits per heavy atom. The normalized spacial score (nSPS) is 17.7. The second-order valence-electron chi connectivity index (χ2n) is 13.0. The minimum atomic E-state index is -4.89.